The molecule has 0 aliphatic rings. The second-order valence-electron chi connectivity index (χ2n) is 2.18. The van der Waals surface area contributed by atoms with E-state index in [0.29, 0.717) is 0 Å². The molecule has 0 bridgehead atoms. The fourth-order valence-electron chi connectivity index (χ4n) is 0.577. The van der Waals surface area contributed by atoms with Crippen molar-refractivity contribution in [2.45, 2.75) is 33.6 Å². The molecular formula is C6H16S. The van der Waals surface area contributed by atoms with Crippen molar-refractivity contribution in [3.8, 4) is 0 Å². The zero-order chi connectivity index (χ0) is 4.99. The Balaban J connectivity index is 0. The summed E-state index contributed by atoms with van der Waals surface area (Å²) in [6.07, 6.45) is 2.71. The van der Waals surface area contributed by atoms with Crippen molar-refractivity contribution in [3.05, 3.63) is 0 Å². The molecule has 0 rings (SSSR count). The van der Waals surface area contributed by atoms with E-state index in [4.69, 9.17) is 0 Å². The quantitative estimate of drug-likeness (QED) is 0.525. The first-order chi connectivity index (χ1) is 2.77. The fourth-order valence-corrected chi connectivity index (χ4v) is 0.577. The maximum Gasteiger partial charge on any atom is -0.0471 e. The van der Waals surface area contributed by atoms with Gasteiger partial charge < -0.3 is 0 Å². The fraction of sp³-hybridized carbons (Fsp3) is 1.00. The Bertz CT molecular complexity index is 25.4. The number of hydrogen-bond acceptors (Lipinski definition) is 0. The summed E-state index contributed by atoms with van der Waals surface area (Å²) in [6, 6.07) is 0. The molecule has 0 aromatic carbocycles. The topological polar surface area (TPSA) is 0 Å². The highest BCUT2D eigenvalue weighted by molar-refractivity contribution is 7.59. The third kappa shape index (κ3) is 10.7. The third-order valence-electron chi connectivity index (χ3n) is 0.866. The Morgan fingerprint density at radius 3 is 1.71 bits per heavy atom. The highest BCUT2D eigenvalue weighted by Gasteiger charge is 1.85. The summed E-state index contributed by atoms with van der Waals surface area (Å²) >= 11 is 0. The van der Waals surface area contributed by atoms with Gasteiger partial charge >= 0.3 is 0 Å². The molecule has 0 aromatic rings. The second-order valence-corrected chi connectivity index (χ2v) is 2.18. The normalized spacial score (nSPS) is 8.57. The van der Waals surface area contributed by atoms with E-state index in [1.165, 1.54) is 12.8 Å². The lowest BCUT2D eigenvalue weighted by Crippen LogP contribution is -1.81. The van der Waals surface area contributed by atoms with Crippen molar-refractivity contribution in [2.75, 3.05) is 0 Å². The van der Waals surface area contributed by atoms with Crippen molar-refractivity contribution < 1.29 is 0 Å². The van der Waals surface area contributed by atoms with E-state index >= 15 is 0 Å². The summed E-state index contributed by atoms with van der Waals surface area (Å²) in [6.45, 7) is 6.73. The van der Waals surface area contributed by atoms with Crippen LogP contribution in [0.2, 0.25) is 0 Å². The predicted molar refractivity (Wildman–Crippen MR) is 40.1 cm³/mol. The molecule has 0 aliphatic carbocycles. The lowest BCUT2D eigenvalue weighted by molar-refractivity contribution is 0.576. The molecule has 0 spiro atoms. The van der Waals surface area contributed by atoms with Gasteiger partial charge in [-0.2, -0.15) is 13.5 Å². The van der Waals surface area contributed by atoms with Crippen LogP contribution < -0.4 is 0 Å². The summed E-state index contributed by atoms with van der Waals surface area (Å²) in [7, 11) is 0. The van der Waals surface area contributed by atoms with Crippen LogP contribution in [0, 0.1) is 5.92 Å². The van der Waals surface area contributed by atoms with Gasteiger partial charge in [-0.1, -0.05) is 33.6 Å². The van der Waals surface area contributed by atoms with Gasteiger partial charge in [0.1, 0.15) is 0 Å². The van der Waals surface area contributed by atoms with E-state index < -0.39 is 0 Å². The summed E-state index contributed by atoms with van der Waals surface area (Å²) in [5.41, 5.74) is 0. The first-order valence-corrected chi connectivity index (χ1v) is 2.77. The molecule has 0 heterocycles. The van der Waals surface area contributed by atoms with Crippen LogP contribution in [0.1, 0.15) is 33.6 Å². The van der Waals surface area contributed by atoms with Crippen LogP contribution in [0.5, 0.6) is 0 Å². The molecule has 0 fully saturated rings. The van der Waals surface area contributed by atoms with E-state index in [1.807, 2.05) is 0 Å². The average molecular weight is 120 g/mol. The molecule has 0 amide bonds. The molecule has 0 aliphatic heterocycles. The molecule has 0 N–H and O–H groups in total. The molecule has 0 unspecified atom stereocenters. The molecule has 46 valence electrons. The molecule has 0 saturated heterocycles. The Morgan fingerprint density at radius 2 is 1.71 bits per heavy atom. The largest absolute Gasteiger partial charge is 0.197 e. The zero-order valence-electron chi connectivity index (χ0n) is 5.49. The van der Waals surface area contributed by atoms with Gasteiger partial charge in [-0.3, -0.25) is 0 Å². The SMILES string of the molecule is CCCC(C)C.S. The lowest BCUT2D eigenvalue weighted by atomic mass is 10.1. The molecular weight excluding hydrogens is 104 g/mol. The minimum Gasteiger partial charge on any atom is -0.197 e. The highest BCUT2D eigenvalue weighted by atomic mass is 32.1. The van der Waals surface area contributed by atoms with Gasteiger partial charge in [0.05, 0.1) is 0 Å². The smallest absolute Gasteiger partial charge is 0.0471 e. The molecule has 0 nitrogen and oxygen atoms in total. The van der Waals surface area contributed by atoms with E-state index in [2.05, 4.69) is 20.8 Å². The van der Waals surface area contributed by atoms with Crippen LogP contribution in [-0.2, 0) is 0 Å². The van der Waals surface area contributed by atoms with Crippen molar-refractivity contribution in [1.29, 1.82) is 0 Å². The van der Waals surface area contributed by atoms with E-state index in [-0.39, 0.29) is 13.5 Å². The van der Waals surface area contributed by atoms with Crippen LogP contribution >= 0.6 is 13.5 Å². The Morgan fingerprint density at radius 1 is 1.29 bits per heavy atom. The maximum absolute atomic E-state index is 2.25. The monoisotopic (exact) mass is 120 g/mol. The zero-order valence-corrected chi connectivity index (χ0v) is 6.49. The average Bonchev–Trinajstić information content (AvgIpc) is 1.35. The van der Waals surface area contributed by atoms with Gasteiger partial charge in [-0.15, -0.1) is 0 Å². The Hall–Kier alpha value is 0.350. The Kier molecular flexibility index (Phi) is 9.39. The van der Waals surface area contributed by atoms with Crippen molar-refractivity contribution in [3.63, 3.8) is 0 Å². The molecule has 7 heavy (non-hydrogen) atoms. The van der Waals surface area contributed by atoms with Crippen LogP contribution in [0.15, 0.2) is 0 Å². The number of hydrogen-bond donors (Lipinski definition) is 0. The van der Waals surface area contributed by atoms with Crippen molar-refractivity contribution in [1.82, 2.24) is 0 Å². The first kappa shape index (κ1) is 10.4. The van der Waals surface area contributed by atoms with Gasteiger partial charge in [-0.05, 0) is 5.92 Å². The molecule has 0 radical (unpaired) electrons. The van der Waals surface area contributed by atoms with E-state index in [1.54, 1.807) is 0 Å². The number of rotatable bonds is 2. The minimum atomic E-state index is 0. The van der Waals surface area contributed by atoms with Crippen molar-refractivity contribution in [2.24, 2.45) is 5.92 Å². The standard InChI is InChI=1S/C6H14.H2S/c1-4-5-6(2)3;/h6H,4-5H2,1-3H3;1H2. The van der Waals surface area contributed by atoms with Crippen LogP contribution in [0.25, 0.3) is 0 Å². The van der Waals surface area contributed by atoms with Crippen molar-refractivity contribution >= 4 is 13.5 Å². The van der Waals surface area contributed by atoms with E-state index in [9.17, 15) is 0 Å². The summed E-state index contributed by atoms with van der Waals surface area (Å²) in [4.78, 5) is 0. The third-order valence-corrected chi connectivity index (χ3v) is 0.866. The summed E-state index contributed by atoms with van der Waals surface area (Å²) in [5.74, 6) is 0.898. The Labute approximate surface area is 53.8 Å². The first-order valence-electron chi connectivity index (χ1n) is 2.77. The molecule has 0 atom stereocenters. The maximum atomic E-state index is 2.25. The summed E-state index contributed by atoms with van der Waals surface area (Å²) < 4.78 is 0. The molecule has 0 saturated carbocycles. The highest BCUT2D eigenvalue weighted by Crippen LogP contribution is 2.00. The van der Waals surface area contributed by atoms with Gasteiger partial charge in [0, 0.05) is 0 Å². The van der Waals surface area contributed by atoms with E-state index in [0.717, 1.165) is 5.92 Å². The van der Waals surface area contributed by atoms with Crippen LogP contribution in [0.3, 0.4) is 0 Å². The van der Waals surface area contributed by atoms with Gasteiger partial charge in [0.15, 0.2) is 0 Å². The lowest BCUT2D eigenvalue weighted by Gasteiger charge is -1.95. The predicted octanol–water partition coefficient (Wildman–Crippen LogP) is 2.56. The van der Waals surface area contributed by atoms with Gasteiger partial charge in [-0.25, -0.2) is 0 Å². The second kappa shape index (κ2) is 6.35. The molecule has 0 aromatic heterocycles. The van der Waals surface area contributed by atoms with Crippen LogP contribution in [-0.4, -0.2) is 0 Å². The minimum absolute atomic E-state index is 0. The van der Waals surface area contributed by atoms with Crippen LogP contribution in [0.4, 0.5) is 0 Å². The summed E-state index contributed by atoms with van der Waals surface area (Å²) in [5, 5.41) is 0. The molecule has 1 heteroatoms. The van der Waals surface area contributed by atoms with Gasteiger partial charge in [0.25, 0.3) is 0 Å². The van der Waals surface area contributed by atoms with Gasteiger partial charge in [0.2, 0.25) is 0 Å².